The van der Waals surface area contributed by atoms with Crippen LogP contribution in [0.25, 0.3) is 10.2 Å². The summed E-state index contributed by atoms with van der Waals surface area (Å²) in [6, 6.07) is 7.61. The predicted molar refractivity (Wildman–Crippen MR) is 80.8 cm³/mol. The zero-order valence-corrected chi connectivity index (χ0v) is 12.4. The van der Waals surface area contributed by atoms with Crippen molar-refractivity contribution in [2.45, 2.75) is 25.0 Å². The number of carboxylic acid groups (broad SMARTS) is 1. The van der Waals surface area contributed by atoms with Crippen LogP contribution in [0, 0.1) is 11.8 Å². The third kappa shape index (κ3) is 2.08. The predicted octanol–water partition coefficient (Wildman–Crippen LogP) is 2.11. The second-order valence-corrected chi connectivity index (χ2v) is 6.69. The normalized spacial score (nSPS) is 29.8. The largest absolute Gasteiger partial charge is 0.481 e. The first-order valence-electron chi connectivity index (χ1n) is 7.18. The third-order valence-corrected chi connectivity index (χ3v) is 5.34. The molecule has 0 aliphatic carbocycles. The monoisotopic (exact) mass is 318 g/mol. The number of nitrogens with one attached hydrogen (secondary N) is 1. The molecule has 0 unspecified atom stereocenters. The summed E-state index contributed by atoms with van der Waals surface area (Å²) in [7, 11) is 0. The number of carbonyl (C=O) groups is 2. The molecule has 2 aromatic rings. The number of rotatable bonds is 3. The van der Waals surface area contributed by atoms with Gasteiger partial charge in [-0.15, -0.1) is 0 Å². The Morgan fingerprint density at radius 1 is 1.23 bits per heavy atom. The fourth-order valence-electron chi connectivity index (χ4n) is 3.44. The first-order valence-corrected chi connectivity index (χ1v) is 8.00. The van der Waals surface area contributed by atoms with E-state index in [1.54, 1.807) is 0 Å². The number of ether oxygens (including phenoxy) is 1. The SMILES string of the molecule is O=C(O)[C@H]1[C@H](C(=O)Nc2nc3ccccc3s2)[C@H]2CC[C@@H]1O2. The molecule has 1 aromatic carbocycles. The van der Waals surface area contributed by atoms with E-state index >= 15 is 0 Å². The van der Waals surface area contributed by atoms with Gasteiger partial charge < -0.3 is 15.2 Å². The molecule has 0 saturated carbocycles. The molecule has 6 nitrogen and oxygen atoms in total. The van der Waals surface area contributed by atoms with Crippen molar-refractivity contribution in [3.8, 4) is 0 Å². The quantitative estimate of drug-likeness (QED) is 0.905. The molecule has 114 valence electrons. The van der Waals surface area contributed by atoms with Crippen LogP contribution in [0.4, 0.5) is 5.13 Å². The Labute approximate surface area is 130 Å². The van der Waals surface area contributed by atoms with E-state index in [9.17, 15) is 14.7 Å². The summed E-state index contributed by atoms with van der Waals surface area (Å²) < 4.78 is 6.60. The molecule has 2 aliphatic rings. The number of thiazole rings is 1. The van der Waals surface area contributed by atoms with E-state index in [1.807, 2.05) is 24.3 Å². The summed E-state index contributed by atoms with van der Waals surface area (Å²) in [5, 5.41) is 12.6. The van der Waals surface area contributed by atoms with Crippen molar-refractivity contribution in [2.75, 3.05) is 5.32 Å². The number of para-hydroxylation sites is 1. The Morgan fingerprint density at radius 2 is 1.95 bits per heavy atom. The fourth-order valence-corrected chi connectivity index (χ4v) is 4.31. The Hall–Kier alpha value is -1.99. The minimum Gasteiger partial charge on any atom is -0.481 e. The number of hydrogen-bond donors (Lipinski definition) is 2. The summed E-state index contributed by atoms with van der Waals surface area (Å²) >= 11 is 1.38. The molecule has 0 spiro atoms. The highest BCUT2D eigenvalue weighted by atomic mass is 32.1. The van der Waals surface area contributed by atoms with Gasteiger partial charge in [-0.05, 0) is 25.0 Å². The molecule has 7 heteroatoms. The van der Waals surface area contributed by atoms with Crippen LogP contribution >= 0.6 is 11.3 Å². The number of anilines is 1. The van der Waals surface area contributed by atoms with Crippen LogP contribution in [0.5, 0.6) is 0 Å². The van der Waals surface area contributed by atoms with E-state index in [0.717, 1.165) is 16.6 Å². The summed E-state index contributed by atoms with van der Waals surface area (Å²) in [5.41, 5.74) is 0.821. The van der Waals surface area contributed by atoms with Crippen molar-refractivity contribution >= 4 is 38.6 Å². The number of aromatic nitrogens is 1. The van der Waals surface area contributed by atoms with E-state index in [4.69, 9.17) is 4.74 Å². The lowest BCUT2D eigenvalue weighted by atomic mass is 9.79. The van der Waals surface area contributed by atoms with Crippen LogP contribution < -0.4 is 5.32 Å². The van der Waals surface area contributed by atoms with Gasteiger partial charge in [0.15, 0.2) is 5.13 Å². The van der Waals surface area contributed by atoms with Crippen molar-refractivity contribution < 1.29 is 19.4 Å². The zero-order chi connectivity index (χ0) is 15.3. The lowest BCUT2D eigenvalue weighted by Gasteiger charge is -2.23. The second-order valence-electron chi connectivity index (χ2n) is 5.66. The van der Waals surface area contributed by atoms with Crippen molar-refractivity contribution in [3.05, 3.63) is 24.3 Å². The highest BCUT2D eigenvalue weighted by molar-refractivity contribution is 7.22. The summed E-state index contributed by atoms with van der Waals surface area (Å²) in [6.45, 7) is 0. The van der Waals surface area contributed by atoms with Crippen LogP contribution in [-0.2, 0) is 14.3 Å². The van der Waals surface area contributed by atoms with Gasteiger partial charge in [0.2, 0.25) is 5.91 Å². The first kappa shape index (κ1) is 13.7. The minimum absolute atomic E-state index is 0.291. The Balaban J connectivity index is 1.57. The van der Waals surface area contributed by atoms with Crippen molar-refractivity contribution in [1.82, 2.24) is 4.98 Å². The molecule has 1 amide bonds. The van der Waals surface area contributed by atoms with E-state index in [-0.39, 0.29) is 18.1 Å². The summed E-state index contributed by atoms with van der Waals surface area (Å²) in [5.74, 6) is -2.66. The molecule has 3 heterocycles. The Kier molecular flexibility index (Phi) is 3.12. The van der Waals surface area contributed by atoms with Crippen LogP contribution in [0.15, 0.2) is 24.3 Å². The van der Waals surface area contributed by atoms with Crippen LogP contribution in [-0.4, -0.2) is 34.2 Å². The molecule has 2 aliphatic heterocycles. The van der Waals surface area contributed by atoms with Gasteiger partial charge in [0.25, 0.3) is 0 Å². The zero-order valence-electron chi connectivity index (χ0n) is 11.6. The highest BCUT2D eigenvalue weighted by Gasteiger charge is 2.55. The summed E-state index contributed by atoms with van der Waals surface area (Å²) in [6.07, 6.45) is 0.827. The number of hydrogen-bond acceptors (Lipinski definition) is 5. The van der Waals surface area contributed by atoms with Gasteiger partial charge in [-0.25, -0.2) is 4.98 Å². The standard InChI is InChI=1S/C15H14N2O4S/c18-13(11-8-5-6-9(21-8)12(11)14(19)20)17-15-16-7-3-1-2-4-10(7)22-15/h1-4,8-9,11-12H,5-6H2,(H,19,20)(H,16,17,18)/t8-,9+,11-,12-/m1/s1. The van der Waals surface area contributed by atoms with E-state index in [0.29, 0.717) is 11.6 Å². The maximum absolute atomic E-state index is 12.5. The van der Waals surface area contributed by atoms with Gasteiger partial charge in [0.1, 0.15) is 0 Å². The average Bonchev–Trinajstić information content (AvgIpc) is 3.19. The lowest BCUT2D eigenvalue weighted by molar-refractivity contribution is -0.147. The number of benzene rings is 1. The maximum atomic E-state index is 12.5. The molecule has 0 radical (unpaired) electrons. The van der Waals surface area contributed by atoms with E-state index < -0.39 is 17.8 Å². The number of amides is 1. The molecule has 4 atom stereocenters. The van der Waals surface area contributed by atoms with Crippen LogP contribution in [0.3, 0.4) is 0 Å². The molecule has 22 heavy (non-hydrogen) atoms. The fraction of sp³-hybridized carbons (Fsp3) is 0.400. The second kappa shape index (κ2) is 5.03. The molecule has 2 bridgehead atoms. The van der Waals surface area contributed by atoms with E-state index in [1.165, 1.54) is 11.3 Å². The minimum atomic E-state index is -0.961. The van der Waals surface area contributed by atoms with Gasteiger partial charge >= 0.3 is 5.97 Å². The molecule has 2 saturated heterocycles. The van der Waals surface area contributed by atoms with Gasteiger partial charge in [0, 0.05) is 0 Å². The number of carboxylic acids is 1. The number of nitrogens with zero attached hydrogens (tertiary/aromatic N) is 1. The molecule has 4 rings (SSSR count). The molecule has 2 N–H and O–H groups in total. The molecular formula is C15H14N2O4S. The molecule has 1 aromatic heterocycles. The van der Waals surface area contributed by atoms with Gasteiger partial charge in [-0.1, -0.05) is 23.5 Å². The van der Waals surface area contributed by atoms with E-state index in [2.05, 4.69) is 10.3 Å². The van der Waals surface area contributed by atoms with Crippen LogP contribution in [0.2, 0.25) is 0 Å². The van der Waals surface area contributed by atoms with Crippen molar-refractivity contribution in [2.24, 2.45) is 11.8 Å². The smallest absolute Gasteiger partial charge is 0.310 e. The lowest BCUT2D eigenvalue weighted by Crippen LogP contribution is -2.40. The van der Waals surface area contributed by atoms with Crippen molar-refractivity contribution in [1.29, 1.82) is 0 Å². The number of aliphatic carboxylic acids is 1. The van der Waals surface area contributed by atoms with Gasteiger partial charge in [-0.2, -0.15) is 0 Å². The van der Waals surface area contributed by atoms with Crippen LogP contribution in [0.1, 0.15) is 12.8 Å². The average molecular weight is 318 g/mol. The highest BCUT2D eigenvalue weighted by Crippen LogP contribution is 2.44. The third-order valence-electron chi connectivity index (χ3n) is 4.39. The summed E-state index contributed by atoms with van der Waals surface area (Å²) in [4.78, 5) is 28.3. The molecule has 2 fully saturated rings. The van der Waals surface area contributed by atoms with Crippen molar-refractivity contribution in [3.63, 3.8) is 0 Å². The van der Waals surface area contributed by atoms with Gasteiger partial charge in [-0.3, -0.25) is 9.59 Å². The number of carbonyl (C=O) groups excluding carboxylic acids is 1. The number of fused-ring (bicyclic) bond motifs is 3. The Bertz CT molecular complexity index is 726. The first-order chi connectivity index (χ1) is 10.6. The van der Waals surface area contributed by atoms with Gasteiger partial charge in [0.05, 0.1) is 34.3 Å². The topological polar surface area (TPSA) is 88.5 Å². The molecular weight excluding hydrogens is 304 g/mol. The maximum Gasteiger partial charge on any atom is 0.310 e. The Morgan fingerprint density at radius 3 is 2.68 bits per heavy atom.